The highest BCUT2D eigenvalue weighted by molar-refractivity contribution is 7.11. The number of pyridine rings is 1. The molecule has 0 amide bonds. The molecule has 0 radical (unpaired) electrons. The molecule has 20 heavy (non-hydrogen) atoms. The van der Waals surface area contributed by atoms with Crippen LogP contribution in [-0.2, 0) is 29.1 Å². The highest BCUT2D eigenvalue weighted by Gasteiger charge is 2.07. The van der Waals surface area contributed by atoms with Crippen molar-refractivity contribution in [2.45, 2.75) is 26.5 Å². The molecule has 0 aliphatic carbocycles. The van der Waals surface area contributed by atoms with Crippen LogP contribution in [-0.4, -0.2) is 10.5 Å². The largest absolute Gasteiger partial charge is 0.459 e. The lowest BCUT2D eigenvalue weighted by atomic mass is 10.4. The zero-order valence-electron chi connectivity index (χ0n) is 11.2. The van der Waals surface area contributed by atoms with Gasteiger partial charge in [-0.15, -0.1) is 11.3 Å². The molecule has 0 aromatic carbocycles. The fourth-order valence-corrected chi connectivity index (χ4v) is 2.57. The maximum atomic E-state index is 11.7. The molecule has 2 N–H and O–H groups in total. The Hall–Kier alpha value is -2.08. The van der Waals surface area contributed by atoms with Crippen LogP contribution in [0.25, 0.3) is 0 Å². The second-order valence-corrected chi connectivity index (χ2v) is 5.56. The fourth-order valence-electron chi connectivity index (χ4n) is 1.70. The fraction of sp³-hybridized carbons (Fsp3) is 0.286. The number of nitrogens with zero attached hydrogens (tertiary/aromatic N) is 1. The van der Waals surface area contributed by atoms with E-state index in [1.165, 1.54) is 27.8 Å². The topological polar surface area (TPSA) is 74.3 Å². The highest BCUT2D eigenvalue weighted by atomic mass is 32.1. The second-order valence-electron chi connectivity index (χ2n) is 4.31. The predicted molar refractivity (Wildman–Crippen MR) is 78.6 cm³/mol. The summed E-state index contributed by atoms with van der Waals surface area (Å²) >= 11 is 1.62. The van der Waals surface area contributed by atoms with E-state index in [0.29, 0.717) is 5.69 Å². The first-order valence-electron chi connectivity index (χ1n) is 6.27. The van der Waals surface area contributed by atoms with Gasteiger partial charge in [-0.25, -0.2) is 0 Å². The van der Waals surface area contributed by atoms with E-state index in [-0.39, 0.29) is 18.7 Å². The van der Waals surface area contributed by atoms with E-state index in [1.807, 2.05) is 12.1 Å². The first-order valence-corrected chi connectivity index (χ1v) is 7.09. The third-order valence-corrected chi connectivity index (χ3v) is 3.95. The van der Waals surface area contributed by atoms with Crippen LogP contribution in [0, 0.1) is 0 Å². The molecule has 2 heterocycles. The van der Waals surface area contributed by atoms with Crippen LogP contribution in [0.5, 0.6) is 0 Å². The number of aryl methyl sites for hydroxylation is 1. The molecule has 0 atom stereocenters. The van der Waals surface area contributed by atoms with Crippen molar-refractivity contribution in [3.05, 3.63) is 50.6 Å². The summed E-state index contributed by atoms with van der Waals surface area (Å²) in [7, 11) is 0. The number of esters is 1. The molecule has 0 aliphatic rings. The van der Waals surface area contributed by atoms with E-state index in [4.69, 9.17) is 10.5 Å². The molecule has 0 unspecified atom stereocenters. The number of nitrogen functional groups attached to an aromatic ring is 1. The maximum absolute atomic E-state index is 11.7. The SMILES string of the molecule is CCc1ccc(COC(=O)Cn2cc(N)ccc2=O)s1. The van der Waals surface area contributed by atoms with Crippen LogP contribution in [0.1, 0.15) is 16.7 Å². The number of aromatic nitrogens is 1. The van der Waals surface area contributed by atoms with Crippen molar-refractivity contribution in [3.63, 3.8) is 0 Å². The molecule has 0 fully saturated rings. The van der Waals surface area contributed by atoms with Crippen LogP contribution >= 0.6 is 11.3 Å². The Morgan fingerprint density at radius 3 is 2.75 bits per heavy atom. The van der Waals surface area contributed by atoms with Gasteiger partial charge in [-0.2, -0.15) is 0 Å². The number of hydrogen-bond acceptors (Lipinski definition) is 5. The van der Waals surface area contributed by atoms with Crippen LogP contribution < -0.4 is 11.3 Å². The number of nitrogens with two attached hydrogens (primary N) is 1. The predicted octanol–water partition coefficient (Wildman–Crippen LogP) is 1.80. The molecule has 2 rings (SSSR count). The number of carbonyl (C=O) groups is 1. The molecule has 6 heteroatoms. The van der Waals surface area contributed by atoms with E-state index in [9.17, 15) is 9.59 Å². The van der Waals surface area contributed by atoms with Crippen molar-refractivity contribution in [2.24, 2.45) is 0 Å². The normalized spacial score (nSPS) is 10.4. The first kappa shape index (κ1) is 14.3. The van der Waals surface area contributed by atoms with E-state index < -0.39 is 5.97 Å². The van der Waals surface area contributed by atoms with Gasteiger partial charge in [-0.1, -0.05) is 6.92 Å². The van der Waals surface area contributed by atoms with Gasteiger partial charge in [0.05, 0.1) is 0 Å². The summed E-state index contributed by atoms with van der Waals surface area (Å²) in [5, 5.41) is 0. The number of rotatable bonds is 5. The minimum Gasteiger partial charge on any atom is -0.459 e. The van der Waals surface area contributed by atoms with Crippen LogP contribution in [0.15, 0.2) is 35.3 Å². The van der Waals surface area contributed by atoms with E-state index in [1.54, 1.807) is 11.3 Å². The minimum atomic E-state index is -0.454. The Balaban J connectivity index is 1.92. The van der Waals surface area contributed by atoms with Crippen molar-refractivity contribution in [3.8, 4) is 0 Å². The van der Waals surface area contributed by atoms with Gasteiger partial charge in [-0.05, 0) is 24.6 Å². The van der Waals surface area contributed by atoms with Gasteiger partial charge in [0, 0.05) is 27.7 Å². The Morgan fingerprint density at radius 2 is 2.05 bits per heavy atom. The summed E-state index contributed by atoms with van der Waals surface area (Å²) in [6, 6.07) is 6.80. The average Bonchev–Trinajstić information content (AvgIpc) is 2.89. The second kappa shape index (κ2) is 6.38. The smallest absolute Gasteiger partial charge is 0.326 e. The lowest BCUT2D eigenvalue weighted by Gasteiger charge is -2.06. The molecule has 0 saturated heterocycles. The molecular formula is C14H16N2O3S. The zero-order chi connectivity index (χ0) is 14.5. The van der Waals surface area contributed by atoms with Crippen molar-refractivity contribution in [2.75, 3.05) is 5.73 Å². The molecule has 0 spiro atoms. The summed E-state index contributed by atoms with van der Waals surface area (Å²) < 4.78 is 6.40. The third kappa shape index (κ3) is 3.71. The van der Waals surface area contributed by atoms with Gasteiger partial charge < -0.3 is 15.0 Å². The van der Waals surface area contributed by atoms with E-state index in [2.05, 4.69) is 6.92 Å². The summed E-state index contributed by atoms with van der Waals surface area (Å²) in [6.45, 7) is 2.18. The van der Waals surface area contributed by atoms with Gasteiger partial charge >= 0.3 is 5.97 Å². The first-order chi connectivity index (χ1) is 9.58. The molecule has 2 aromatic rings. The quantitative estimate of drug-likeness (QED) is 0.853. The van der Waals surface area contributed by atoms with Gasteiger partial charge in [0.2, 0.25) is 0 Å². The van der Waals surface area contributed by atoms with Crippen molar-refractivity contribution in [1.29, 1.82) is 0 Å². The summed E-state index contributed by atoms with van der Waals surface area (Å²) in [5.41, 5.74) is 5.73. The molecule has 0 aliphatic heterocycles. The third-order valence-electron chi connectivity index (χ3n) is 2.75. The van der Waals surface area contributed by atoms with E-state index in [0.717, 1.165) is 11.3 Å². The summed E-state index contributed by atoms with van der Waals surface area (Å²) in [4.78, 5) is 25.5. The lowest BCUT2D eigenvalue weighted by molar-refractivity contribution is -0.145. The Bertz CT molecular complexity index is 660. The molecule has 2 aromatic heterocycles. The summed E-state index contributed by atoms with van der Waals surface area (Å²) in [5.74, 6) is -0.454. The average molecular weight is 292 g/mol. The molecule has 0 bridgehead atoms. The van der Waals surface area contributed by atoms with Crippen LogP contribution in [0.2, 0.25) is 0 Å². The van der Waals surface area contributed by atoms with Gasteiger partial charge in [0.15, 0.2) is 0 Å². The zero-order valence-corrected chi connectivity index (χ0v) is 12.0. The minimum absolute atomic E-state index is 0.129. The maximum Gasteiger partial charge on any atom is 0.326 e. The molecule has 5 nitrogen and oxygen atoms in total. The number of thiophene rings is 1. The standard InChI is InChI=1S/C14H16N2O3S/c1-2-11-4-5-12(20-11)9-19-14(18)8-16-7-10(15)3-6-13(16)17/h3-7H,2,8-9,15H2,1H3. The Labute approximate surface area is 120 Å². The van der Waals surface area contributed by atoms with E-state index >= 15 is 0 Å². The number of ether oxygens (including phenoxy) is 1. The molecule has 106 valence electrons. The summed E-state index contributed by atoms with van der Waals surface area (Å²) in [6.07, 6.45) is 2.40. The van der Waals surface area contributed by atoms with Crippen molar-refractivity contribution in [1.82, 2.24) is 4.57 Å². The number of hydrogen-bond donors (Lipinski definition) is 1. The Morgan fingerprint density at radius 1 is 1.30 bits per heavy atom. The highest BCUT2D eigenvalue weighted by Crippen LogP contribution is 2.17. The van der Waals surface area contributed by atoms with Crippen molar-refractivity contribution >= 4 is 23.0 Å². The monoisotopic (exact) mass is 292 g/mol. The Kier molecular flexibility index (Phi) is 4.57. The number of carbonyl (C=O) groups excluding carboxylic acids is 1. The van der Waals surface area contributed by atoms with Crippen molar-refractivity contribution < 1.29 is 9.53 Å². The van der Waals surface area contributed by atoms with Gasteiger partial charge in [-0.3, -0.25) is 9.59 Å². The van der Waals surface area contributed by atoms with Crippen LogP contribution in [0.4, 0.5) is 5.69 Å². The lowest BCUT2D eigenvalue weighted by Crippen LogP contribution is -2.24. The van der Waals surface area contributed by atoms with Gasteiger partial charge in [0.1, 0.15) is 13.2 Å². The number of anilines is 1. The van der Waals surface area contributed by atoms with Crippen LogP contribution in [0.3, 0.4) is 0 Å². The molecule has 0 saturated carbocycles. The van der Waals surface area contributed by atoms with Gasteiger partial charge in [0.25, 0.3) is 5.56 Å². The molecular weight excluding hydrogens is 276 g/mol.